The van der Waals surface area contributed by atoms with Crippen molar-refractivity contribution in [2.45, 2.75) is 17.9 Å². The van der Waals surface area contributed by atoms with Crippen LogP contribution >= 0.6 is 11.6 Å². The van der Waals surface area contributed by atoms with E-state index in [4.69, 9.17) is 17.3 Å². The Labute approximate surface area is 123 Å². The van der Waals surface area contributed by atoms with Crippen LogP contribution in [0.3, 0.4) is 0 Å². The Bertz CT molecular complexity index is 623. The second kappa shape index (κ2) is 5.48. The topological polar surface area (TPSA) is 66.6 Å². The van der Waals surface area contributed by atoms with Gasteiger partial charge in [-0.25, -0.2) is 12.8 Å². The molecule has 1 aromatic rings. The molecule has 0 aromatic heterocycles. The number of anilines is 1. The lowest BCUT2D eigenvalue weighted by atomic mass is 10.2. The van der Waals surface area contributed by atoms with Crippen molar-refractivity contribution in [1.29, 1.82) is 0 Å². The lowest BCUT2D eigenvalue weighted by molar-refractivity contribution is 0.170. The number of nitrogen functional groups attached to an aromatic ring is 1. The van der Waals surface area contributed by atoms with Crippen LogP contribution in [0.5, 0.6) is 0 Å². The number of benzene rings is 1. The van der Waals surface area contributed by atoms with E-state index < -0.39 is 20.7 Å². The van der Waals surface area contributed by atoms with Gasteiger partial charge in [0.1, 0.15) is 4.90 Å². The van der Waals surface area contributed by atoms with E-state index in [0.717, 1.165) is 6.07 Å². The highest BCUT2D eigenvalue weighted by Gasteiger charge is 2.35. The Hall–Kier alpha value is -0.890. The third-order valence-electron chi connectivity index (χ3n) is 3.39. The fourth-order valence-electron chi connectivity index (χ4n) is 2.38. The van der Waals surface area contributed by atoms with Gasteiger partial charge in [-0.05, 0) is 26.1 Å². The van der Waals surface area contributed by atoms with Crippen LogP contribution in [0.15, 0.2) is 17.0 Å². The number of rotatable bonds is 2. The van der Waals surface area contributed by atoms with E-state index in [1.165, 1.54) is 10.4 Å². The van der Waals surface area contributed by atoms with Gasteiger partial charge in [0, 0.05) is 30.7 Å². The second-order valence-electron chi connectivity index (χ2n) is 5.03. The molecule has 0 bridgehead atoms. The summed E-state index contributed by atoms with van der Waals surface area (Å²) in [7, 11) is -2.03. The molecule has 1 aliphatic heterocycles. The molecule has 0 amide bonds. The molecule has 0 spiro atoms. The van der Waals surface area contributed by atoms with Gasteiger partial charge < -0.3 is 10.6 Å². The number of nitrogens with two attached hydrogens (primary N) is 1. The number of nitrogens with zero attached hydrogens (tertiary/aromatic N) is 2. The fourth-order valence-corrected chi connectivity index (χ4v) is 4.41. The first kappa shape index (κ1) is 15.5. The number of hydrogen-bond acceptors (Lipinski definition) is 4. The van der Waals surface area contributed by atoms with Crippen molar-refractivity contribution in [3.63, 3.8) is 0 Å². The van der Waals surface area contributed by atoms with E-state index in [1.807, 2.05) is 11.9 Å². The molecule has 8 heteroatoms. The molecular formula is C12H17ClFN3O2S. The summed E-state index contributed by atoms with van der Waals surface area (Å²) in [5.41, 5.74) is 5.19. The van der Waals surface area contributed by atoms with Crippen LogP contribution in [-0.4, -0.2) is 50.3 Å². The summed E-state index contributed by atoms with van der Waals surface area (Å²) in [6, 6.07) is 2.06. The second-order valence-corrected chi connectivity index (χ2v) is 7.33. The van der Waals surface area contributed by atoms with Crippen LogP contribution in [0, 0.1) is 5.82 Å². The maximum absolute atomic E-state index is 14.0. The highest BCUT2D eigenvalue weighted by Crippen LogP contribution is 2.29. The van der Waals surface area contributed by atoms with E-state index in [0.29, 0.717) is 19.6 Å². The van der Waals surface area contributed by atoms with E-state index >= 15 is 0 Å². The summed E-state index contributed by atoms with van der Waals surface area (Å²) in [4.78, 5) is 1.57. The lowest BCUT2D eigenvalue weighted by Gasteiger charge is -2.37. The van der Waals surface area contributed by atoms with Crippen molar-refractivity contribution in [3.05, 3.63) is 23.0 Å². The van der Waals surface area contributed by atoms with E-state index in [1.54, 1.807) is 6.92 Å². The molecule has 20 heavy (non-hydrogen) atoms. The van der Waals surface area contributed by atoms with Gasteiger partial charge in [0.2, 0.25) is 10.0 Å². The number of sulfonamides is 1. The molecule has 112 valence electrons. The molecule has 1 aromatic carbocycles. The molecule has 1 aliphatic rings. The normalized spacial score (nSPS) is 22.1. The Morgan fingerprint density at radius 1 is 1.40 bits per heavy atom. The Morgan fingerprint density at radius 3 is 2.65 bits per heavy atom. The largest absolute Gasteiger partial charge is 0.396 e. The highest BCUT2D eigenvalue weighted by molar-refractivity contribution is 7.89. The highest BCUT2D eigenvalue weighted by atomic mass is 35.5. The zero-order valence-corrected chi connectivity index (χ0v) is 12.9. The van der Waals surface area contributed by atoms with Crippen LogP contribution in [-0.2, 0) is 10.0 Å². The smallest absolute Gasteiger partial charge is 0.246 e. The first-order valence-electron chi connectivity index (χ1n) is 6.18. The van der Waals surface area contributed by atoms with Crippen molar-refractivity contribution in [3.8, 4) is 0 Å². The quantitative estimate of drug-likeness (QED) is 0.836. The first-order valence-corrected chi connectivity index (χ1v) is 8.00. The summed E-state index contributed by atoms with van der Waals surface area (Å²) in [6.45, 7) is 3.29. The SMILES string of the molecule is CC1CN(C)CCN1S(=O)(=O)c1cc(Cl)cc(N)c1F. The van der Waals surface area contributed by atoms with Crippen LogP contribution in [0.4, 0.5) is 10.1 Å². The predicted molar refractivity (Wildman–Crippen MR) is 76.7 cm³/mol. The molecule has 1 unspecified atom stereocenters. The molecule has 0 radical (unpaired) electrons. The molecule has 0 saturated carbocycles. The number of piperazine rings is 1. The molecular weight excluding hydrogens is 305 g/mol. The minimum atomic E-state index is -3.94. The summed E-state index contributed by atoms with van der Waals surface area (Å²) in [5, 5.41) is 0.101. The van der Waals surface area contributed by atoms with Gasteiger partial charge in [-0.2, -0.15) is 4.31 Å². The molecule has 1 fully saturated rings. The van der Waals surface area contributed by atoms with Crippen molar-refractivity contribution in [1.82, 2.24) is 9.21 Å². The standard InChI is InChI=1S/C12H17ClFN3O2S/c1-8-7-16(2)3-4-17(8)20(18,19)11-6-9(13)5-10(15)12(11)14/h5-6,8H,3-4,7,15H2,1-2H3. The molecule has 2 N–H and O–H groups in total. The maximum atomic E-state index is 14.0. The van der Waals surface area contributed by atoms with Gasteiger partial charge in [0.15, 0.2) is 5.82 Å². The third kappa shape index (κ3) is 2.76. The van der Waals surface area contributed by atoms with E-state index in [9.17, 15) is 12.8 Å². The minimum Gasteiger partial charge on any atom is -0.396 e. The summed E-state index contributed by atoms with van der Waals surface area (Å²) in [5.74, 6) is -0.944. The third-order valence-corrected chi connectivity index (χ3v) is 5.62. The molecule has 2 rings (SSSR count). The van der Waals surface area contributed by atoms with Gasteiger partial charge in [-0.3, -0.25) is 0 Å². The lowest BCUT2D eigenvalue weighted by Crippen LogP contribution is -2.52. The summed E-state index contributed by atoms with van der Waals surface area (Å²) < 4.78 is 40.5. The molecule has 1 atom stereocenters. The van der Waals surface area contributed by atoms with Crippen molar-refractivity contribution < 1.29 is 12.8 Å². The van der Waals surface area contributed by atoms with Gasteiger partial charge in [-0.1, -0.05) is 11.6 Å². The number of halogens is 2. The zero-order valence-electron chi connectivity index (χ0n) is 11.3. The number of likely N-dealkylation sites (N-methyl/N-ethyl adjacent to an activating group) is 1. The Morgan fingerprint density at radius 2 is 2.05 bits per heavy atom. The monoisotopic (exact) mass is 321 g/mol. The summed E-state index contributed by atoms with van der Waals surface area (Å²) >= 11 is 5.79. The van der Waals surface area contributed by atoms with Crippen LogP contribution < -0.4 is 5.73 Å². The fraction of sp³-hybridized carbons (Fsp3) is 0.500. The zero-order chi connectivity index (χ0) is 15.1. The molecule has 5 nitrogen and oxygen atoms in total. The van der Waals surface area contributed by atoms with Crippen molar-refractivity contribution in [2.24, 2.45) is 0 Å². The molecule has 1 saturated heterocycles. The Balaban J connectivity index is 2.46. The number of hydrogen-bond donors (Lipinski definition) is 1. The molecule has 0 aliphatic carbocycles. The first-order chi connectivity index (χ1) is 9.23. The van der Waals surface area contributed by atoms with Crippen LogP contribution in [0.25, 0.3) is 0 Å². The Kier molecular flexibility index (Phi) is 4.24. The van der Waals surface area contributed by atoms with Crippen LogP contribution in [0.2, 0.25) is 5.02 Å². The van der Waals surface area contributed by atoms with Crippen LogP contribution in [0.1, 0.15) is 6.92 Å². The van der Waals surface area contributed by atoms with Crippen molar-refractivity contribution in [2.75, 3.05) is 32.4 Å². The van der Waals surface area contributed by atoms with Crippen molar-refractivity contribution >= 4 is 27.3 Å². The van der Waals surface area contributed by atoms with Gasteiger partial charge >= 0.3 is 0 Å². The van der Waals surface area contributed by atoms with E-state index in [-0.39, 0.29) is 16.8 Å². The predicted octanol–water partition coefficient (Wildman–Crippen LogP) is 1.39. The average molecular weight is 322 g/mol. The average Bonchev–Trinajstić information content (AvgIpc) is 2.33. The van der Waals surface area contributed by atoms with Gasteiger partial charge in [0.05, 0.1) is 5.69 Å². The van der Waals surface area contributed by atoms with Gasteiger partial charge in [0.25, 0.3) is 0 Å². The maximum Gasteiger partial charge on any atom is 0.246 e. The molecule has 1 heterocycles. The van der Waals surface area contributed by atoms with Gasteiger partial charge in [-0.15, -0.1) is 0 Å². The summed E-state index contributed by atoms with van der Waals surface area (Å²) in [6.07, 6.45) is 0. The minimum absolute atomic E-state index is 0.101. The van der Waals surface area contributed by atoms with E-state index in [2.05, 4.69) is 0 Å².